The van der Waals surface area contributed by atoms with E-state index in [1.165, 1.54) is 0 Å². The van der Waals surface area contributed by atoms with Crippen LogP contribution >= 0.6 is 27.7 Å². The molecule has 2 aliphatic rings. The highest BCUT2D eigenvalue weighted by molar-refractivity contribution is 9.10. The molecule has 0 atom stereocenters. The number of fused-ring (bicyclic) bond motifs is 1. The second-order valence-electron chi connectivity index (χ2n) is 5.41. The molecule has 2 heterocycles. The lowest BCUT2D eigenvalue weighted by Crippen LogP contribution is -2.28. The van der Waals surface area contributed by atoms with Gasteiger partial charge >= 0.3 is 0 Å². The summed E-state index contributed by atoms with van der Waals surface area (Å²) in [6.45, 7) is 2.76. The first kappa shape index (κ1) is 16.3. The highest BCUT2D eigenvalue weighted by Gasteiger charge is 2.38. The summed E-state index contributed by atoms with van der Waals surface area (Å²) in [5.74, 6) is -0.522. The van der Waals surface area contributed by atoms with E-state index in [1.54, 1.807) is 4.90 Å². The Balaban J connectivity index is 2.07. The summed E-state index contributed by atoms with van der Waals surface area (Å²) >= 11 is 4.44. The van der Waals surface area contributed by atoms with Crippen LogP contribution < -0.4 is 10.2 Å². The molecule has 0 bridgehead atoms. The molecule has 1 fully saturated rings. The fourth-order valence-corrected chi connectivity index (χ4v) is 3.92. The van der Waals surface area contributed by atoms with Gasteiger partial charge in [0.15, 0.2) is 5.17 Å². The van der Waals surface area contributed by atoms with E-state index in [0.717, 1.165) is 46.7 Å². The Morgan fingerprint density at radius 1 is 1.30 bits per heavy atom. The Kier molecular flexibility index (Phi) is 4.59. The molecule has 2 amide bonds. The van der Waals surface area contributed by atoms with Gasteiger partial charge in [0.25, 0.3) is 11.8 Å². The molecule has 1 aromatic rings. The highest BCUT2D eigenvalue weighted by atomic mass is 79.9. The Morgan fingerprint density at radius 3 is 2.74 bits per heavy atom. The average molecular weight is 394 g/mol. The molecule has 0 radical (unpaired) electrons. The molecule has 0 aliphatic carbocycles. The van der Waals surface area contributed by atoms with Crippen molar-refractivity contribution in [3.8, 4) is 0 Å². The second-order valence-corrected chi connectivity index (χ2v) is 7.35. The number of carbonyl (C=O) groups is 2. The van der Waals surface area contributed by atoms with Crippen molar-refractivity contribution in [2.75, 3.05) is 11.4 Å². The van der Waals surface area contributed by atoms with Gasteiger partial charge in [-0.3, -0.25) is 15.0 Å². The van der Waals surface area contributed by atoms with Crippen molar-refractivity contribution in [1.29, 1.82) is 5.41 Å². The fraction of sp³-hybridized carbons (Fsp3) is 0.312. The molecule has 2 N–H and O–H groups in total. The van der Waals surface area contributed by atoms with Gasteiger partial charge in [0.05, 0.1) is 16.2 Å². The first-order valence-electron chi connectivity index (χ1n) is 7.46. The van der Waals surface area contributed by atoms with Gasteiger partial charge in [0, 0.05) is 16.6 Å². The van der Waals surface area contributed by atoms with Crippen LogP contribution in [0.25, 0.3) is 5.57 Å². The molecule has 3 rings (SSSR count). The molecule has 1 aromatic carbocycles. The predicted octanol–water partition coefficient (Wildman–Crippen LogP) is 3.49. The lowest BCUT2D eigenvalue weighted by atomic mass is 10.1. The summed E-state index contributed by atoms with van der Waals surface area (Å²) in [6, 6.07) is 5.67. The Bertz CT molecular complexity index is 745. The molecule has 1 saturated heterocycles. The Hall–Kier alpha value is -1.60. The number of thioether (sulfide) groups is 1. The van der Waals surface area contributed by atoms with E-state index >= 15 is 0 Å². The van der Waals surface area contributed by atoms with Crippen LogP contribution in [0.5, 0.6) is 0 Å². The smallest absolute Gasteiger partial charge is 0.264 e. The topological polar surface area (TPSA) is 73.3 Å². The standard InChI is InChI=1S/C16H16BrN3O2S/c1-2-3-4-7-20-11-6-5-9(17)8-10(11)12(15(20)22)13-14(21)19-16(18)23-13/h5-6,8H,2-4,7H2,1H3,(H2,18,19,21). The van der Waals surface area contributed by atoms with Crippen LogP contribution in [0.4, 0.5) is 5.69 Å². The van der Waals surface area contributed by atoms with Gasteiger partial charge in [0.2, 0.25) is 0 Å². The minimum atomic E-state index is -0.371. The molecule has 0 aromatic heterocycles. The predicted molar refractivity (Wildman–Crippen MR) is 96.4 cm³/mol. The first-order valence-corrected chi connectivity index (χ1v) is 9.07. The first-order chi connectivity index (χ1) is 11.0. The number of amides is 2. The van der Waals surface area contributed by atoms with Crippen LogP contribution in [-0.4, -0.2) is 23.5 Å². The van der Waals surface area contributed by atoms with E-state index in [1.807, 2.05) is 18.2 Å². The Morgan fingerprint density at radius 2 is 2.09 bits per heavy atom. The van der Waals surface area contributed by atoms with Crippen LogP contribution in [0, 0.1) is 5.41 Å². The van der Waals surface area contributed by atoms with Gasteiger partial charge in [0.1, 0.15) is 0 Å². The van der Waals surface area contributed by atoms with E-state index in [4.69, 9.17) is 5.41 Å². The average Bonchev–Trinajstić information content (AvgIpc) is 2.96. The van der Waals surface area contributed by atoms with E-state index in [2.05, 4.69) is 28.2 Å². The van der Waals surface area contributed by atoms with Crippen molar-refractivity contribution >= 4 is 55.9 Å². The molecule has 2 aliphatic heterocycles. The maximum atomic E-state index is 12.9. The third-order valence-corrected chi connectivity index (χ3v) is 5.22. The number of anilines is 1. The van der Waals surface area contributed by atoms with E-state index < -0.39 is 0 Å². The highest BCUT2D eigenvalue weighted by Crippen LogP contribution is 2.43. The number of benzene rings is 1. The molecule has 7 heteroatoms. The van der Waals surface area contributed by atoms with Crippen molar-refractivity contribution in [2.45, 2.75) is 26.2 Å². The third-order valence-electron chi connectivity index (χ3n) is 3.83. The maximum Gasteiger partial charge on any atom is 0.264 e. The summed E-state index contributed by atoms with van der Waals surface area (Å²) in [5, 5.41) is 10.1. The lowest BCUT2D eigenvalue weighted by molar-refractivity contribution is -0.116. The summed E-state index contributed by atoms with van der Waals surface area (Å²) in [6.07, 6.45) is 3.07. The van der Waals surface area contributed by atoms with Crippen LogP contribution in [-0.2, 0) is 9.59 Å². The quantitative estimate of drug-likeness (QED) is 0.607. The zero-order chi connectivity index (χ0) is 16.6. The number of rotatable bonds is 4. The van der Waals surface area contributed by atoms with Crippen molar-refractivity contribution in [1.82, 2.24) is 5.32 Å². The van der Waals surface area contributed by atoms with Gasteiger partial charge in [-0.05, 0) is 36.4 Å². The second kappa shape index (κ2) is 6.49. The lowest BCUT2D eigenvalue weighted by Gasteiger charge is -2.16. The van der Waals surface area contributed by atoms with E-state index in [9.17, 15) is 9.59 Å². The van der Waals surface area contributed by atoms with Gasteiger partial charge in [-0.25, -0.2) is 0 Å². The summed E-state index contributed by atoms with van der Waals surface area (Å²) < 4.78 is 0.857. The molecular weight excluding hydrogens is 378 g/mol. The van der Waals surface area contributed by atoms with Gasteiger partial charge in [-0.2, -0.15) is 0 Å². The molecule has 0 saturated carbocycles. The zero-order valence-electron chi connectivity index (χ0n) is 12.6. The molecule has 0 unspecified atom stereocenters. The maximum absolute atomic E-state index is 12.9. The number of hydrogen-bond donors (Lipinski definition) is 2. The summed E-state index contributed by atoms with van der Waals surface area (Å²) in [5.41, 5.74) is 2.00. The van der Waals surface area contributed by atoms with Crippen LogP contribution in [0.1, 0.15) is 31.7 Å². The van der Waals surface area contributed by atoms with E-state index in [-0.39, 0.29) is 17.0 Å². The summed E-state index contributed by atoms with van der Waals surface area (Å²) in [7, 11) is 0. The summed E-state index contributed by atoms with van der Waals surface area (Å²) in [4.78, 5) is 27.0. The zero-order valence-corrected chi connectivity index (χ0v) is 15.0. The SMILES string of the molecule is CCCCCN1C(=O)C(=C2SC(=N)NC2=O)c2cc(Br)ccc21. The van der Waals surface area contributed by atoms with Gasteiger partial charge < -0.3 is 10.2 Å². The third kappa shape index (κ3) is 2.95. The number of hydrogen-bond acceptors (Lipinski definition) is 4. The number of unbranched alkanes of at least 4 members (excludes halogenated alkanes) is 2. The number of halogens is 1. The van der Waals surface area contributed by atoms with Crippen molar-refractivity contribution in [2.24, 2.45) is 0 Å². The van der Waals surface area contributed by atoms with Crippen LogP contribution in [0.3, 0.4) is 0 Å². The largest absolute Gasteiger partial charge is 0.308 e. The molecule has 0 spiro atoms. The molecule has 120 valence electrons. The molecule has 23 heavy (non-hydrogen) atoms. The Labute approximate surface area is 147 Å². The monoisotopic (exact) mass is 393 g/mol. The number of amidine groups is 1. The fourth-order valence-electron chi connectivity index (χ4n) is 2.76. The minimum absolute atomic E-state index is 0.0614. The van der Waals surface area contributed by atoms with Crippen molar-refractivity contribution in [3.05, 3.63) is 33.1 Å². The number of nitrogens with one attached hydrogen (secondary N) is 2. The van der Waals surface area contributed by atoms with Crippen molar-refractivity contribution in [3.63, 3.8) is 0 Å². The number of carbonyl (C=O) groups excluding carboxylic acids is 2. The number of nitrogens with zero attached hydrogens (tertiary/aromatic N) is 1. The minimum Gasteiger partial charge on any atom is -0.308 e. The van der Waals surface area contributed by atoms with Crippen molar-refractivity contribution < 1.29 is 9.59 Å². The van der Waals surface area contributed by atoms with Crippen LogP contribution in [0.2, 0.25) is 0 Å². The van der Waals surface area contributed by atoms with Gasteiger partial charge in [-0.1, -0.05) is 35.7 Å². The normalized spacial score (nSPS) is 20.3. The van der Waals surface area contributed by atoms with Crippen LogP contribution in [0.15, 0.2) is 27.6 Å². The molecular formula is C16H16BrN3O2S. The van der Waals surface area contributed by atoms with Gasteiger partial charge in [-0.15, -0.1) is 0 Å². The molecule has 5 nitrogen and oxygen atoms in total. The van der Waals surface area contributed by atoms with E-state index in [0.29, 0.717) is 17.0 Å².